The standard InChI is InChI=1S/C23H36N2O2/c1-6-25-22(15-21(23(26)27)8-7-13-24)18(5)10-12-20-14-19(16(2)3)11-9-17(20)4/h6,9,11,14,16,21H,7-8,10,12-13,15,24H2,1-5H3,(H,26,27)/b22-18+,25-6?/t21-/m0/s1. The number of nitrogens with zero attached hydrogens (tertiary/aromatic N) is 1. The number of hydrogen-bond donors (Lipinski definition) is 2. The van der Waals surface area contributed by atoms with E-state index >= 15 is 0 Å². The van der Waals surface area contributed by atoms with Gasteiger partial charge in [-0.05, 0) is 75.6 Å². The molecule has 0 saturated carbocycles. The normalized spacial score (nSPS) is 13.9. The summed E-state index contributed by atoms with van der Waals surface area (Å²) in [6.07, 6.45) is 5.37. The molecule has 0 spiro atoms. The molecular formula is C23H36N2O2. The molecule has 1 atom stereocenters. The second kappa shape index (κ2) is 11.7. The van der Waals surface area contributed by atoms with Gasteiger partial charge in [-0.1, -0.05) is 37.6 Å². The van der Waals surface area contributed by atoms with E-state index in [4.69, 9.17) is 5.73 Å². The van der Waals surface area contributed by atoms with E-state index in [1.54, 1.807) is 6.21 Å². The molecule has 1 aromatic rings. The third kappa shape index (κ3) is 7.67. The van der Waals surface area contributed by atoms with Crippen molar-refractivity contribution in [2.24, 2.45) is 16.6 Å². The highest BCUT2D eigenvalue weighted by molar-refractivity contribution is 5.70. The first-order valence-corrected chi connectivity index (χ1v) is 9.99. The molecule has 0 aliphatic heterocycles. The first-order chi connectivity index (χ1) is 12.8. The molecule has 4 heteroatoms. The van der Waals surface area contributed by atoms with Crippen LogP contribution in [0.15, 0.2) is 34.5 Å². The molecule has 0 aliphatic carbocycles. The monoisotopic (exact) mass is 372 g/mol. The van der Waals surface area contributed by atoms with E-state index < -0.39 is 11.9 Å². The maximum Gasteiger partial charge on any atom is 0.306 e. The lowest BCUT2D eigenvalue weighted by atomic mass is 9.92. The molecule has 150 valence electrons. The number of carboxylic acid groups (broad SMARTS) is 1. The minimum Gasteiger partial charge on any atom is -0.481 e. The fourth-order valence-corrected chi connectivity index (χ4v) is 3.19. The van der Waals surface area contributed by atoms with Crippen LogP contribution in [0, 0.1) is 12.8 Å². The zero-order valence-corrected chi connectivity index (χ0v) is 17.6. The lowest BCUT2D eigenvalue weighted by molar-refractivity contribution is -0.141. The zero-order chi connectivity index (χ0) is 20.4. The van der Waals surface area contributed by atoms with Crippen LogP contribution >= 0.6 is 0 Å². The van der Waals surface area contributed by atoms with Crippen molar-refractivity contribution in [3.63, 3.8) is 0 Å². The van der Waals surface area contributed by atoms with Crippen molar-refractivity contribution in [1.82, 2.24) is 0 Å². The van der Waals surface area contributed by atoms with Crippen molar-refractivity contribution in [3.8, 4) is 0 Å². The molecule has 4 nitrogen and oxygen atoms in total. The van der Waals surface area contributed by atoms with Crippen LogP contribution in [-0.4, -0.2) is 23.8 Å². The molecule has 0 amide bonds. The fourth-order valence-electron chi connectivity index (χ4n) is 3.19. The second-order valence-electron chi connectivity index (χ2n) is 7.63. The molecule has 0 unspecified atom stereocenters. The largest absolute Gasteiger partial charge is 0.481 e. The number of allylic oxidation sites excluding steroid dienone is 2. The average Bonchev–Trinajstić information content (AvgIpc) is 2.62. The summed E-state index contributed by atoms with van der Waals surface area (Å²) in [5, 5.41) is 9.51. The molecule has 1 rings (SSSR count). The van der Waals surface area contributed by atoms with Gasteiger partial charge in [-0.15, -0.1) is 0 Å². The van der Waals surface area contributed by atoms with E-state index in [0.717, 1.165) is 25.0 Å². The number of rotatable bonds is 11. The first-order valence-electron chi connectivity index (χ1n) is 9.99. The summed E-state index contributed by atoms with van der Waals surface area (Å²) >= 11 is 0. The minimum absolute atomic E-state index is 0.423. The fraction of sp³-hybridized carbons (Fsp3) is 0.565. The van der Waals surface area contributed by atoms with Gasteiger partial charge in [-0.3, -0.25) is 9.79 Å². The van der Waals surface area contributed by atoms with Gasteiger partial charge in [0.25, 0.3) is 0 Å². The lowest BCUT2D eigenvalue weighted by Gasteiger charge is -2.15. The smallest absolute Gasteiger partial charge is 0.306 e. The molecule has 0 fully saturated rings. The van der Waals surface area contributed by atoms with E-state index in [1.807, 2.05) is 6.92 Å². The number of carboxylic acids is 1. The number of aliphatic imine (C=N–C) groups is 1. The molecule has 0 radical (unpaired) electrons. The molecule has 3 N–H and O–H groups in total. The van der Waals surface area contributed by atoms with Gasteiger partial charge in [0.15, 0.2) is 0 Å². The van der Waals surface area contributed by atoms with Crippen molar-refractivity contribution in [3.05, 3.63) is 46.2 Å². The molecule has 0 heterocycles. The Morgan fingerprint density at radius 1 is 1.33 bits per heavy atom. The van der Waals surface area contributed by atoms with Crippen molar-refractivity contribution in [2.75, 3.05) is 6.54 Å². The van der Waals surface area contributed by atoms with E-state index in [-0.39, 0.29) is 0 Å². The lowest BCUT2D eigenvalue weighted by Crippen LogP contribution is -2.16. The molecule has 0 aromatic heterocycles. The highest BCUT2D eigenvalue weighted by Gasteiger charge is 2.19. The van der Waals surface area contributed by atoms with Gasteiger partial charge >= 0.3 is 5.97 Å². The van der Waals surface area contributed by atoms with Crippen LogP contribution < -0.4 is 5.73 Å². The SMILES string of the molecule is CC=N/C(C[C@H](CCCN)C(=O)O)=C(\C)CCc1cc(C(C)C)ccc1C. The van der Waals surface area contributed by atoms with Crippen LogP contribution in [0.4, 0.5) is 0 Å². The zero-order valence-electron chi connectivity index (χ0n) is 17.6. The highest BCUT2D eigenvalue weighted by atomic mass is 16.4. The Labute approximate surface area is 164 Å². The maximum absolute atomic E-state index is 11.6. The van der Waals surface area contributed by atoms with Gasteiger partial charge in [0.2, 0.25) is 0 Å². The average molecular weight is 373 g/mol. The van der Waals surface area contributed by atoms with E-state index in [2.05, 4.69) is 50.9 Å². The molecule has 0 bridgehead atoms. The molecule has 0 aliphatic rings. The van der Waals surface area contributed by atoms with Crippen molar-refractivity contribution < 1.29 is 9.90 Å². The quantitative estimate of drug-likeness (QED) is 0.521. The molecule has 0 saturated heterocycles. The summed E-state index contributed by atoms with van der Waals surface area (Å²) in [7, 11) is 0. The highest BCUT2D eigenvalue weighted by Crippen LogP contribution is 2.25. The number of nitrogens with two attached hydrogens (primary N) is 1. The summed E-state index contributed by atoms with van der Waals surface area (Å²) < 4.78 is 0. The summed E-state index contributed by atoms with van der Waals surface area (Å²) in [6, 6.07) is 6.70. The third-order valence-electron chi connectivity index (χ3n) is 5.13. The predicted molar refractivity (Wildman–Crippen MR) is 114 cm³/mol. The Bertz CT molecular complexity index is 675. The van der Waals surface area contributed by atoms with E-state index in [0.29, 0.717) is 25.3 Å². The van der Waals surface area contributed by atoms with Crippen LogP contribution in [-0.2, 0) is 11.2 Å². The molecular weight excluding hydrogens is 336 g/mol. The summed E-state index contributed by atoms with van der Waals surface area (Å²) in [5.41, 5.74) is 11.6. The van der Waals surface area contributed by atoms with E-state index in [1.165, 1.54) is 22.3 Å². The van der Waals surface area contributed by atoms with Crippen LogP contribution in [0.25, 0.3) is 0 Å². The Kier molecular flexibility index (Phi) is 10.0. The third-order valence-corrected chi connectivity index (χ3v) is 5.13. The van der Waals surface area contributed by atoms with E-state index in [9.17, 15) is 9.90 Å². The minimum atomic E-state index is -0.763. The van der Waals surface area contributed by atoms with Gasteiger partial charge in [0.05, 0.1) is 5.92 Å². The maximum atomic E-state index is 11.6. The molecule has 1 aromatic carbocycles. The van der Waals surface area contributed by atoms with Gasteiger partial charge in [0.1, 0.15) is 0 Å². The van der Waals surface area contributed by atoms with Gasteiger partial charge < -0.3 is 10.8 Å². The Morgan fingerprint density at radius 3 is 2.59 bits per heavy atom. The predicted octanol–water partition coefficient (Wildman–Crippen LogP) is 5.25. The Balaban J connectivity index is 2.95. The van der Waals surface area contributed by atoms with Gasteiger partial charge in [-0.2, -0.15) is 0 Å². The number of carbonyl (C=O) groups is 1. The van der Waals surface area contributed by atoms with Gasteiger partial charge in [-0.25, -0.2) is 0 Å². The summed E-state index contributed by atoms with van der Waals surface area (Å²) in [4.78, 5) is 16.1. The van der Waals surface area contributed by atoms with Crippen LogP contribution in [0.5, 0.6) is 0 Å². The Hall–Kier alpha value is -1.94. The topological polar surface area (TPSA) is 75.7 Å². The van der Waals surface area contributed by atoms with Crippen molar-refractivity contribution >= 4 is 12.2 Å². The summed E-state index contributed by atoms with van der Waals surface area (Å²) in [5.74, 6) is -0.672. The van der Waals surface area contributed by atoms with Crippen LogP contribution in [0.3, 0.4) is 0 Å². The van der Waals surface area contributed by atoms with Crippen molar-refractivity contribution in [1.29, 1.82) is 0 Å². The van der Waals surface area contributed by atoms with Crippen LogP contribution in [0.2, 0.25) is 0 Å². The van der Waals surface area contributed by atoms with Gasteiger partial charge in [0, 0.05) is 18.3 Å². The second-order valence-corrected chi connectivity index (χ2v) is 7.63. The van der Waals surface area contributed by atoms with Crippen LogP contribution in [0.1, 0.15) is 76.0 Å². The molecule has 27 heavy (non-hydrogen) atoms. The Morgan fingerprint density at radius 2 is 2.04 bits per heavy atom. The summed E-state index contributed by atoms with van der Waals surface area (Å²) in [6.45, 7) is 11.0. The number of aryl methyl sites for hydroxylation is 2. The number of hydrogen-bond acceptors (Lipinski definition) is 3. The van der Waals surface area contributed by atoms with Crippen molar-refractivity contribution in [2.45, 2.75) is 72.6 Å². The number of aliphatic carboxylic acids is 1. The number of benzene rings is 1. The first kappa shape index (κ1) is 23.1.